The molecule has 3 heterocycles. The highest BCUT2D eigenvalue weighted by molar-refractivity contribution is 5.62. The monoisotopic (exact) mass is 373 g/mol. The molecule has 0 saturated heterocycles. The molecule has 28 heavy (non-hydrogen) atoms. The van der Waals surface area contributed by atoms with Crippen molar-refractivity contribution in [1.29, 1.82) is 5.26 Å². The summed E-state index contributed by atoms with van der Waals surface area (Å²) in [6.07, 6.45) is 4.17. The quantitative estimate of drug-likeness (QED) is 0.737. The van der Waals surface area contributed by atoms with E-state index in [0.29, 0.717) is 17.8 Å². The van der Waals surface area contributed by atoms with E-state index >= 15 is 0 Å². The van der Waals surface area contributed by atoms with Crippen LogP contribution in [0.25, 0.3) is 0 Å². The van der Waals surface area contributed by atoms with Gasteiger partial charge in [-0.15, -0.1) is 0 Å². The van der Waals surface area contributed by atoms with Crippen LogP contribution in [0.15, 0.2) is 42.7 Å². The topological polar surface area (TPSA) is 64.8 Å². The van der Waals surface area contributed by atoms with Gasteiger partial charge in [-0.3, -0.25) is 4.98 Å². The van der Waals surface area contributed by atoms with Crippen molar-refractivity contribution < 1.29 is 4.39 Å². The summed E-state index contributed by atoms with van der Waals surface area (Å²) >= 11 is 0. The summed E-state index contributed by atoms with van der Waals surface area (Å²) in [5, 5.41) is 12.2. The van der Waals surface area contributed by atoms with Gasteiger partial charge < -0.3 is 10.2 Å². The summed E-state index contributed by atoms with van der Waals surface area (Å²) in [7, 11) is 0. The first kappa shape index (κ1) is 17.9. The van der Waals surface area contributed by atoms with E-state index in [0.717, 1.165) is 46.9 Å². The first-order chi connectivity index (χ1) is 13.5. The highest BCUT2D eigenvalue weighted by atomic mass is 19.1. The Morgan fingerprint density at radius 3 is 2.79 bits per heavy atom. The summed E-state index contributed by atoms with van der Waals surface area (Å²) in [4.78, 5) is 11.2. The van der Waals surface area contributed by atoms with Gasteiger partial charge in [0.05, 0.1) is 23.1 Å². The number of nitrogens with zero attached hydrogens (tertiary/aromatic N) is 4. The highest BCUT2D eigenvalue weighted by Crippen LogP contribution is 2.28. The van der Waals surface area contributed by atoms with Crippen molar-refractivity contribution in [3.05, 3.63) is 76.5 Å². The Bertz CT molecular complexity index is 1090. The van der Waals surface area contributed by atoms with Crippen LogP contribution in [0.5, 0.6) is 0 Å². The smallest absolute Gasteiger partial charge is 0.146 e. The third kappa shape index (κ3) is 3.52. The van der Waals surface area contributed by atoms with Gasteiger partial charge >= 0.3 is 0 Å². The fraction of sp³-hybridized carbons (Fsp3) is 0.227. The highest BCUT2D eigenvalue weighted by Gasteiger charge is 2.20. The van der Waals surface area contributed by atoms with Crippen molar-refractivity contribution in [3.63, 3.8) is 0 Å². The van der Waals surface area contributed by atoms with Crippen molar-refractivity contribution in [2.75, 3.05) is 16.8 Å². The number of nitrogens with one attached hydrogen (secondary N) is 1. The second kappa shape index (κ2) is 7.28. The van der Waals surface area contributed by atoms with Gasteiger partial charge in [0.15, 0.2) is 0 Å². The fourth-order valence-electron chi connectivity index (χ4n) is 3.53. The number of hydrogen-bond donors (Lipinski definition) is 1. The molecule has 1 N–H and O–H groups in total. The Hall–Kier alpha value is -3.46. The van der Waals surface area contributed by atoms with Gasteiger partial charge in [0.25, 0.3) is 0 Å². The lowest BCUT2D eigenvalue weighted by Gasteiger charge is -2.30. The van der Waals surface area contributed by atoms with Crippen LogP contribution >= 0.6 is 0 Å². The minimum atomic E-state index is -0.289. The lowest BCUT2D eigenvalue weighted by Crippen LogP contribution is -2.32. The molecular formula is C22H20FN5. The van der Waals surface area contributed by atoms with E-state index in [1.807, 2.05) is 26.0 Å². The summed E-state index contributed by atoms with van der Waals surface area (Å²) in [6.45, 7) is 5.39. The van der Waals surface area contributed by atoms with Crippen LogP contribution < -0.4 is 10.2 Å². The molecule has 0 atom stereocenters. The molecule has 0 aliphatic carbocycles. The first-order valence-electron chi connectivity index (χ1n) is 9.16. The number of aromatic nitrogens is 2. The molecule has 0 unspecified atom stereocenters. The SMILES string of the molecule is Cc1ccc(F)c(Nc2cnc3c(c2)CN(c2ncc(C#N)cc2C)CC3)c1. The van der Waals surface area contributed by atoms with E-state index in [2.05, 4.69) is 26.3 Å². The average molecular weight is 373 g/mol. The summed E-state index contributed by atoms with van der Waals surface area (Å²) < 4.78 is 14.1. The van der Waals surface area contributed by atoms with Crippen LogP contribution in [0.4, 0.5) is 21.6 Å². The molecule has 2 aromatic heterocycles. The Morgan fingerprint density at radius 2 is 2.00 bits per heavy atom. The van der Waals surface area contributed by atoms with Crippen LogP contribution in [0.3, 0.4) is 0 Å². The Balaban J connectivity index is 1.59. The molecular weight excluding hydrogens is 353 g/mol. The molecule has 1 aliphatic heterocycles. The maximum absolute atomic E-state index is 14.1. The number of hydrogen-bond acceptors (Lipinski definition) is 5. The number of benzene rings is 1. The van der Waals surface area contributed by atoms with Gasteiger partial charge in [-0.1, -0.05) is 6.07 Å². The van der Waals surface area contributed by atoms with E-state index in [9.17, 15) is 4.39 Å². The predicted molar refractivity (Wildman–Crippen MR) is 107 cm³/mol. The maximum atomic E-state index is 14.1. The zero-order chi connectivity index (χ0) is 19.7. The molecule has 0 bridgehead atoms. The summed E-state index contributed by atoms with van der Waals surface area (Å²) in [6, 6.07) is 11.0. The average Bonchev–Trinajstić information content (AvgIpc) is 2.70. The standard InChI is InChI=1S/C22H20FN5/c1-14-3-4-19(23)21(7-14)27-18-9-17-13-28(6-5-20(17)25-12-18)22-15(2)8-16(10-24)11-26-22/h3-4,7-9,11-12,27H,5-6,13H2,1-2H3. The zero-order valence-corrected chi connectivity index (χ0v) is 15.8. The number of rotatable bonds is 3. The largest absolute Gasteiger partial charge is 0.352 e. The number of anilines is 3. The first-order valence-corrected chi connectivity index (χ1v) is 9.16. The molecule has 3 aromatic rings. The number of halogens is 1. The number of fused-ring (bicyclic) bond motifs is 1. The predicted octanol–water partition coefficient (Wildman–Crippen LogP) is 4.41. The van der Waals surface area contributed by atoms with Crippen molar-refractivity contribution in [2.24, 2.45) is 0 Å². The van der Waals surface area contributed by atoms with E-state index in [1.165, 1.54) is 6.07 Å². The third-order valence-electron chi connectivity index (χ3n) is 4.92. The second-order valence-electron chi connectivity index (χ2n) is 7.09. The molecule has 0 amide bonds. The van der Waals surface area contributed by atoms with Crippen LogP contribution in [0, 0.1) is 31.0 Å². The zero-order valence-electron chi connectivity index (χ0n) is 15.8. The molecule has 0 radical (unpaired) electrons. The second-order valence-corrected chi connectivity index (χ2v) is 7.09. The van der Waals surface area contributed by atoms with Crippen molar-refractivity contribution in [2.45, 2.75) is 26.8 Å². The van der Waals surface area contributed by atoms with Gasteiger partial charge in [0.2, 0.25) is 0 Å². The Morgan fingerprint density at radius 1 is 1.14 bits per heavy atom. The van der Waals surface area contributed by atoms with Crippen LogP contribution in [0.1, 0.15) is 27.9 Å². The van der Waals surface area contributed by atoms with Crippen molar-refractivity contribution >= 4 is 17.2 Å². The molecule has 6 heteroatoms. The molecule has 4 rings (SSSR count). The number of aryl methyl sites for hydroxylation is 2. The lowest BCUT2D eigenvalue weighted by molar-refractivity contribution is 0.631. The Labute approximate surface area is 163 Å². The molecule has 0 spiro atoms. The molecule has 5 nitrogen and oxygen atoms in total. The van der Waals surface area contributed by atoms with Crippen molar-refractivity contribution in [1.82, 2.24) is 9.97 Å². The number of pyridine rings is 2. The van der Waals surface area contributed by atoms with Crippen LogP contribution in [-0.4, -0.2) is 16.5 Å². The van der Waals surface area contributed by atoms with Crippen molar-refractivity contribution in [3.8, 4) is 6.07 Å². The van der Waals surface area contributed by atoms with Gasteiger partial charge in [-0.2, -0.15) is 5.26 Å². The lowest BCUT2D eigenvalue weighted by atomic mass is 10.0. The third-order valence-corrected chi connectivity index (χ3v) is 4.92. The van der Waals surface area contributed by atoms with E-state index in [1.54, 1.807) is 24.5 Å². The number of nitriles is 1. The van der Waals surface area contributed by atoms with Gasteiger partial charge in [-0.05, 0) is 54.8 Å². The normalized spacial score (nSPS) is 13.0. The minimum absolute atomic E-state index is 0.289. The van der Waals surface area contributed by atoms with Gasteiger partial charge in [0.1, 0.15) is 17.7 Å². The fourth-order valence-corrected chi connectivity index (χ4v) is 3.53. The van der Waals surface area contributed by atoms with E-state index < -0.39 is 0 Å². The van der Waals surface area contributed by atoms with Gasteiger partial charge in [-0.25, -0.2) is 9.37 Å². The molecule has 140 valence electrons. The van der Waals surface area contributed by atoms with Crippen LogP contribution in [-0.2, 0) is 13.0 Å². The molecule has 1 aliphatic rings. The molecule has 0 fully saturated rings. The minimum Gasteiger partial charge on any atom is -0.352 e. The molecule has 0 saturated carbocycles. The summed E-state index contributed by atoms with van der Waals surface area (Å²) in [5.41, 5.74) is 5.88. The van der Waals surface area contributed by atoms with Gasteiger partial charge in [0, 0.05) is 31.4 Å². The Kier molecular flexibility index (Phi) is 4.66. The molecule has 1 aromatic carbocycles. The summed E-state index contributed by atoms with van der Waals surface area (Å²) in [5.74, 6) is 0.593. The van der Waals surface area contributed by atoms with Crippen LogP contribution in [0.2, 0.25) is 0 Å². The maximum Gasteiger partial charge on any atom is 0.146 e. The van der Waals surface area contributed by atoms with E-state index in [4.69, 9.17) is 5.26 Å². The van der Waals surface area contributed by atoms with E-state index in [-0.39, 0.29) is 5.82 Å².